The fourth-order valence-electron chi connectivity index (χ4n) is 2.27. The molecule has 0 aliphatic carbocycles. The van der Waals surface area contributed by atoms with E-state index < -0.39 is 47.1 Å². The summed E-state index contributed by atoms with van der Waals surface area (Å²) in [6, 6.07) is 1.78. The van der Waals surface area contributed by atoms with Crippen LogP contribution in [-0.4, -0.2) is 46.6 Å². The number of nitrogens with one attached hydrogen (secondary N) is 1. The quantitative estimate of drug-likeness (QED) is 0.617. The van der Waals surface area contributed by atoms with Crippen molar-refractivity contribution >= 4 is 41.0 Å². The van der Waals surface area contributed by atoms with Crippen LogP contribution in [0.3, 0.4) is 0 Å². The molecule has 5 amide bonds. The Hall–Kier alpha value is -2.62. The fraction of sp³-hybridized carbons (Fsp3) is 0.333. The van der Waals surface area contributed by atoms with Gasteiger partial charge in [0.15, 0.2) is 0 Å². The smallest absolute Gasteiger partial charge is 0.325 e. The van der Waals surface area contributed by atoms with E-state index in [9.17, 15) is 32.3 Å². The molecule has 0 aromatic heterocycles. The highest BCUT2D eigenvalue weighted by Crippen LogP contribution is 2.36. The van der Waals surface area contributed by atoms with Crippen molar-refractivity contribution in [3.8, 4) is 0 Å². The van der Waals surface area contributed by atoms with Gasteiger partial charge in [0, 0.05) is 12.2 Å². The van der Waals surface area contributed by atoms with Gasteiger partial charge in [0.2, 0.25) is 5.91 Å². The first-order valence-electron chi connectivity index (χ1n) is 7.40. The summed E-state index contributed by atoms with van der Waals surface area (Å²) in [6.45, 7) is 0.917. The molecule has 1 aromatic rings. The van der Waals surface area contributed by atoms with Crippen LogP contribution < -0.4 is 5.32 Å². The van der Waals surface area contributed by atoms with Gasteiger partial charge in [-0.1, -0.05) is 18.5 Å². The Morgan fingerprint density at radius 3 is 2.35 bits per heavy atom. The molecule has 0 atom stereocenters. The Morgan fingerprint density at radius 2 is 1.77 bits per heavy atom. The normalized spacial score (nSPS) is 15.0. The number of hydrogen-bond donors (Lipinski definition) is 1. The number of rotatable bonds is 5. The van der Waals surface area contributed by atoms with Gasteiger partial charge in [-0.3, -0.25) is 19.3 Å². The Balaban J connectivity index is 2.11. The third kappa shape index (κ3) is 3.96. The number of anilines is 1. The van der Waals surface area contributed by atoms with Crippen LogP contribution in [0, 0.1) is 0 Å². The number of carbonyl (C=O) groups excluding carboxylic acids is 4. The maximum Gasteiger partial charge on any atom is 0.417 e. The highest BCUT2D eigenvalue weighted by atomic mass is 35.5. The topological polar surface area (TPSA) is 86.8 Å². The van der Waals surface area contributed by atoms with Crippen molar-refractivity contribution in [2.75, 3.05) is 18.4 Å². The van der Waals surface area contributed by atoms with Gasteiger partial charge >= 0.3 is 24.0 Å². The van der Waals surface area contributed by atoms with Crippen LogP contribution >= 0.6 is 11.6 Å². The zero-order valence-corrected chi connectivity index (χ0v) is 14.1. The van der Waals surface area contributed by atoms with E-state index in [1.54, 1.807) is 6.92 Å². The number of imide groups is 2. The third-order valence-corrected chi connectivity index (χ3v) is 3.77. The average molecular weight is 392 g/mol. The molecule has 7 nitrogen and oxygen atoms in total. The molecule has 1 saturated heterocycles. The van der Waals surface area contributed by atoms with Crippen LogP contribution in [0.2, 0.25) is 5.02 Å². The molecule has 0 radical (unpaired) electrons. The van der Waals surface area contributed by atoms with Crippen LogP contribution in [0.4, 0.5) is 23.7 Å². The molecule has 11 heteroatoms. The van der Waals surface area contributed by atoms with Gasteiger partial charge in [-0.2, -0.15) is 13.2 Å². The van der Waals surface area contributed by atoms with Crippen molar-refractivity contribution in [3.63, 3.8) is 0 Å². The van der Waals surface area contributed by atoms with Crippen LogP contribution in [-0.2, 0) is 20.6 Å². The molecule has 0 saturated carbocycles. The highest BCUT2D eigenvalue weighted by molar-refractivity contribution is 6.45. The zero-order valence-electron chi connectivity index (χ0n) is 13.4. The Morgan fingerprint density at radius 1 is 1.15 bits per heavy atom. The largest absolute Gasteiger partial charge is 0.417 e. The summed E-state index contributed by atoms with van der Waals surface area (Å²) >= 11 is 5.48. The van der Waals surface area contributed by atoms with E-state index in [-0.39, 0.29) is 12.2 Å². The van der Waals surface area contributed by atoms with Crippen LogP contribution in [0.15, 0.2) is 18.2 Å². The summed E-state index contributed by atoms with van der Waals surface area (Å²) in [6.07, 6.45) is -4.29. The summed E-state index contributed by atoms with van der Waals surface area (Å²) < 4.78 is 38.5. The number of urea groups is 1. The number of halogens is 4. The maximum absolute atomic E-state index is 12.8. The first-order valence-corrected chi connectivity index (χ1v) is 7.78. The summed E-state index contributed by atoms with van der Waals surface area (Å²) in [7, 11) is 0. The van der Waals surface area contributed by atoms with Gasteiger partial charge in [0.25, 0.3) is 0 Å². The second-order valence-corrected chi connectivity index (χ2v) is 5.78. The molecule has 1 aliphatic rings. The lowest BCUT2D eigenvalue weighted by Crippen LogP contribution is -2.39. The monoisotopic (exact) mass is 391 g/mol. The Bertz CT molecular complexity index is 782. The van der Waals surface area contributed by atoms with Gasteiger partial charge in [-0.15, -0.1) is 0 Å². The van der Waals surface area contributed by atoms with Crippen molar-refractivity contribution in [1.29, 1.82) is 0 Å². The average Bonchev–Trinajstić information content (AvgIpc) is 2.74. The fourth-order valence-corrected chi connectivity index (χ4v) is 2.50. The molecule has 0 unspecified atom stereocenters. The third-order valence-electron chi connectivity index (χ3n) is 3.44. The summed E-state index contributed by atoms with van der Waals surface area (Å²) in [4.78, 5) is 48.6. The summed E-state index contributed by atoms with van der Waals surface area (Å²) in [5, 5.41) is 1.60. The van der Waals surface area contributed by atoms with Crippen LogP contribution in [0.5, 0.6) is 0 Å². The van der Waals surface area contributed by atoms with Crippen molar-refractivity contribution in [3.05, 3.63) is 28.8 Å². The molecule has 0 spiro atoms. The van der Waals surface area contributed by atoms with Crippen molar-refractivity contribution in [2.45, 2.75) is 19.5 Å². The first-order chi connectivity index (χ1) is 12.1. The molecule has 1 aliphatic heterocycles. The standard InChI is InChI=1S/C15H13ClF3N3O4/c1-2-5-21-12(24)13(25)22(14(21)26)7-11(23)20-8-3-4-10(16)9(6-8)15(17,18)19/h3-4,6H,2,5,7H2,1H3,(H,20,23). The highest BCUT2D eigenvalue weighted by Gasteiger charge is 2.44. The molecule has 2 rings (SSSR count). The Labute approximate surface area is 150 Å². The van der Waals surface area contributed by atoms with Crippen molar-refractivity contribution in [1.82, 2.24) is 9.80 Å². The van der Waals surface area contributed by atoms with Gasteiger partial charge in [-0.05, 0) is 24.6 Å². The number of carbonyl (C=O) groups is 4. The molecule has 1 heterocycles. The number of amides is 5. The van der Waals surface area contributed by atoms with E-state index in [2.05, 4.69) is 5.32 Å². The van der Waals surface area contributed by atoms with Gasteiger partial charge in [0.05, 0.1) is 10.6 Å². The van der Waals surface area contributed by atoms with Crippen LogP contribution in [0.25, 0.3) is 0 Å². The molecule has 1 fully saturated rings. The minimum atomic E-state index is -4.72. The lowest BCUT2D eigenvalue weighted by Gasteiger charge is -2.15. The molecule has 1 N–H and O–H groups in total. The number of benzene rings is 1. The van der Waals surface area contributed by atoms with E-state index in [1.165, 1.54) is 0 Å². The van der Waals surface area contributed by atoms with E-state index in [0.717, 1.165) is 12.1 Å². The predicted molar refractivity (Wildman–Crippen MR) is 84.2 cm³/mol. The summed E-state index contributed by atoms with van der Waals surface area (Å²) in [5.74, 6) is -3.14. The van der Waals surface area contributed by atoms with E-state index in [0.29, 0.717) is 22.3 Å². The SMILES string of the molecule is CCCN1C(=O)C(=O)N(CC(=O)Nc2ccc(Cl)c(C(F)(F)F)c2)C1=O. The van der Waals surface area contributed by atoms with Crippen molar-refractivity contribution < 1.29 is 32.3 Å². The lowest BCUT2D eigenvalue weighted by atomic mass is 10.2. The second-order valence-electron chi connectivity index (χ2n) is 5.37. The van der Waals surface area contributed by atoms with E-state index in [4.69, 9.17) is 11.6 Å². The molecule has 0 bridgehead atoms. The van der Waals surface area contributed by atoms with Gasteiger partial charge < -0.3 is 5.32 Å². The van der Waals surface area contributed by atoms with Crippen LogP contribution in [0.1, 0.15) is 18.9 Å². The first kappa shape index (κ1) is 19.7. The maximum atomic E-state index is 12.8. The molecular weight excluding hydrogens is 379 g/mol. The van der Waals surface area contributed by atoms with Gasteiger partial charge in [0.1, 0.15) is 6.54 Å². The van der Waals surface area contributed by atoms with E-state index in [1.807, 2.05) is 0 Å². The molecule has 26 heavy (non-hydrogen) atoms. The molecule has 140 valence electrons. The predicted octanol–water partition coefficient (Wildman–Crippen LogP) is 2.50. The lowest BCUT2D eigenvalue weighted by molar-refractivity contribution is -0.143. The zero-order chi connectivity index (χ0) is 19.6. The van der Waals surface area contributed by atoms with Crippen molar-refractivity contribution in [2.24, 2.45) is 0 Å². The molecule has 1 aromatic carbocycles. The molecular formula is C15H13ClF3N3O4. The van der Waals surface area contributed by atoms with E-state index >= 15 is 0 Å². The number of hydrogen-bond acceptors (Lipinski definition) is 4. The number of nitrogens with zero attached hydrogens (tertiary/aromatic N) is 2. The second kappa shape index (κ2) is 7.32. The van der Waals surface area contributed by atoms with Gasteiger partial charge in [-0.25, -0.2) is 9.69 Å². The minimum Gasteiger partial charge on any atom is -0.325 e. The minimum absolute atomic E-state index is 0.0215. The summed E-state index contributed by atoms with van der Waals surface area (Å²) in [5.41, 5.74) is -1.36. The Kier molecular flexibility index (Phi) is 5.55. The number of alkyl halides is 3.